The molecule has 4 nitrogen and oxygen atoms in total. The molecular weight excluding hydrogens is 423 g/mol. The molecular formula is C13H10BrIN2O2. The van der Waals surface area contributed by atoms with Gasteiger partial charge >= 0.3 is 0 Å². The first-order chi connectivity index (χ1) is 8.97. The minimum atomic E-state index is -0.358. The van der Waals surface area contributed by atoms with E-state index in [1.165, 1.54) is 6.07 Å². The van der Waals surface area contributed by atoms with Crippen LogP contribution < -0.4 is 5.32 Å². The minimum Gasteiger partial charge on any atom is -0.507 e. The van der Waals surface area contributed by atoms with Crippen LogP contribution in [0.5, 0.6) is 5.75 Å². The highest BCUT2D eigenvalue weighted by Crippen LogP contribution is 2.22. The average Bonchev–Trinajstić information content (AvgIpc) is 2.35. The number of nitrogens with one attached hydrogen (secondary N) is 1. The normalized spacial score (nSPS) is 10.3. The Morgan fingerprint density at radius 1 is 1.37 bits per heavy atom. The van der Waals surface area contributed by atoms with Gasteiger partial charge in [-0.05, 0) is 75.8 Å². The van der Waals surface area contributed by atoms with Crippen LogP contribution in [0.4, 0.5) is 5.69 Å². The number of carbonyl (C=O) groups excluding carboxylic acids is 1. The maximum atomic E-state index is 12.1. The number of benzene rings is 1. The molecule has 0 bridgehead atoms. The number of phenolic OH excluding ortho intramolecular Hbond substituents is 1. The minimum absolute atomic E-state index is 0.0411. The van der Waals surface area contributed by atoms with Gasteiger partial charge in [0.1, 0.15) is 10.4 Å². The fraction of sp³-hybridized carbons (Fsp3) is 0.0769. The summed E-state index contributed by atoms with van der Waals surface area (Å²) in [4.78, 5) is 16.3. The molecule has 0 unspecified atom stereocenters. The Morgan fingerprint density at radius 2 is 2.11 bits per heavy atom. The number of rotatable bonds is 2. The van der Waals surface area contributed by atoms with Crippen molar-refractivity contribution in [2.24, 2.45) is 0 Å². The summed E-state index contributed by atoms with van der Waals surface area (Å²) in [5.74, 6) is -0.399. The number of aryl methyl sites for hydroxylation is 1. The Kier molecular flexibility index (Phi) is 4.41. The van der Waals surface area contributed by atoms with Crippen molar-refractivity contribution < 1.29 is 9.90 Å². The maximum Gasteiger partial charge on any atom is 0.259 e. The lowest BCUT2D eigenvalue weighted by molar-refractivity contribution is 0.102. The van der Waals surface area contributed by atoms with Gasteiger partial charge in [0.2, 0.25) is 0 Å². The molecule has 0 spiro atoms. The molecule has 2 aromatic rings. The summed E-state index contributed by atoms with van der Waals surface area (Å²) in [6.07, 6.45) is 0. The zero-order valence-corrected chi connectivity index (χ0v) is 13.7. The first-order valence-corrected chi connectivity index (χ1v) is 7.27. The zero-order chi connectivity index (χ0) is 14.0. The third-order valence-electron chi connectivity index (χ3n) is 2.50. The van der Waals surface area contributed by atoms with Crippen LogP contribution in [-0.2, 0) is 0 Å². The number of carbonyl (C=O) groups is 1. The van der Waals surface area contributed by atoms with Crippen LogP contribution >= 0.6 is 38.5 Å². The molecule has 0 saturated carbocycles. The van der Waals surface area contributed by atoms with Crippen LogP contribution in [0, 0.1) is 10.5 Å². The second-order valence-electron chi connectivity index (χ2n) is 3.88. The maximum absolute atomic E-state index is 12.1. The molecule has 0 fully saturated rings. The van der Waals surface area contributed by atoms with E-state index >= 15 is 0 Å². The van der Waals surface area contributed by atoms with Gasteiger partial charge in [-0.3, -0.25) is 4.79 Å². The highest BCUT2D eigenvalue weighted by atomic mass is 127. The molecule has 1 amide bonds. The van der Waals surface area contributed by atoms with Crippen LogP contribution in [0.1, 0.15) is 16.1 Å². The Hall–Kier alpha value is -1.15. The number of halogens is 2. The van der Waals surface area contributed by atoms with Gasteiger partial charge in [-0.15, -0.1) is 0 Å². The lowest BCUT2D eigenvalue weighted by Gasteiger charge is -2.09. The van der Waals surface area contributed by atoms with E-state index in [-0.39, 0.29) is 17.2 Å². The predicted octanol–water partition coefficient (Wildman–Crippen LogP) is 3.72. The molecule has 0 aliphatic carbocycles. The summed E-state index contributed by atoms with van der Waals surface area (Å²) < 4.78 is 1.59. The molecule has 1 aromatic carbocycles. The molecule has 6 heteroatoms. The fourth-order valence-electron chi connectivity index (χ4n) is 1.54. The second kappa shape index (κ2) is 5.87. The number of phenols is 1. The van der Waals surface area contributed by atoms with E-state index in [1.807, 2.05) is 0 Å². The van der Waals surface area contributed by atoms with E-state index in [2.05, 4.69) is 48.8 Å². The zero-order valence-electron chi connectivity index (χ0n) is 9.95. The van der Waals surface area contributed by atoms with Gasteiger partial charge in [0.15, 0.2) is 0 Å². The van der Waals surface area contributed by atoms with Crippen molar-refractivity contribution in [1.82, 2.24) is 4.98 Å². The molecule has 1 heterocycles. The van der Waals surface area contributed by atoms with Crippen molar-refractivity contribution in [3.05, 3.63) is 49.8 Å². The predicted molar refractivity (Wildman–Crippen MR) is 85.5 cm³/mol. The van der Waals surface area contributed by atoms with Crippen LogP contribution in [0.3, 0.4) is 0 Å². The number of anilines is 1. The highest BCUT2D eigenvalue weighted by Gasteiger charge is 2.13. The van der Waals surface area contributed by atoms with Crippen LogP contribution in [0.2, 0.25) is 0 Å². The van der Waals surface area contributed by atoms with E-state index in [9.17, 15) is 9.90 Å². The van der Waals surface area contributed by atoms with Crippen molar-refractivity contribution in [2.45, 2.75) is 6.92 Å². The van der Waals surface area contributed by atoms with Crippen molar-refractivity contribution in [3.63, 3.8) is 0 Å². The smallest absolute Gasteiger partial charge is 0.259 e. The Bertz CT molecular complexity index is 647. The third-order valence-corrected chi connectivity index (χ3v) is 3.62. The van der Waals surface area contributed by atoms with Gasteiger partial charge < -0.3 is 10.4 Å². The van der Waals surface area contributed by atoms with E-state index in [0.717, 1.165) is 3.57 Å². The summed E-state index contributed by atoms with van der Waals surface area (Å²) in [6, 6.07) is 8.38. The van der Waals surface area contributed by atoms with E-state index in [4.69, 9.17) is 0 Å². The van der Waals surface area contributed by atoms with Crippen molar-refractivity contribution >= 4 is 50.1 Å². The quantitative estimate of drug-likeness (QED) is 0.561. The van der Waals surface area contributed by atoms with Gasteiger partial charge in [-0.25, -0.2) is 4.98 Å². The Morgan fingerprint density at radius 3 is 2.79 bits per heavy atom. The molecule has 0 radical (unpaired) electrons. The second-order valence-corrected chi connectivity index (χ2v) is 5.94. The number of pyridine rings is 1. The summed E-state index contributed by atoms with van der Waals surface area (Å²) in [7, 11) is 0. The van der Waals surface area contributed by atoms with Crippen LogP contribution in [0.15, 0.2) is 34.9 Å². The lowest BCUT2D eigenvalue weighted by Crippen LogP contribution is -2.13. The van der Waals surface area contributed by atoms with E-state index in [1.54, 1.807) is 31.2 Å². The summed E-state index contributed by atoms with van der Waals surface area (Å²) in [5.41, 5.74) is 1.56. The van der Waals surface area contributed by atoms with Gasteiger partial charge in [-0.1, -0.05) is 0 Å². The molecule has 98 valence electrons. The van der Waals surface area contributed by atoms with Gasteiger partial charge in [0.05, 0.1) is 16.9 Å². The summed E-state index contributed by atoms with van der Waals surface area (Å²) in [6.45, 7) is 1.80. The topological polar surface area (TPSA) is 62.2 Å². The number of aromatic hydroxyl groups is 1. The van der Waals surface area contributed by atoms with Crippen molar-refractivity contribution in [1.29, 1.82) is 0 Å². The number of hydrogen-bond donors (Lipinski definition) is 2. The molecule has 0 aliphatic heterocycles. The molecule has 2 N–H and O–H groups in total. The molecule has 0 aliphatic rings. The van der Waals surface area contributed by atoms with E-state index in [0.29, 0.717) is 16.0 Å². The highest BCUT2D eigenvalue weighted by molar-refractivity contribution is 14.1. The number of nitrogens with zero attached hydrogens (tertiary/aromatic N) is 1. The number of aromatic nitrogens is 1. The first-order valence-electron chi connectivity index (χ1n) is 5.40. The Balaban J connectivity index is 2.28. The molecule has 19 heavy (non-hydrogen) atoms. The Labute approximate surface area is 132 Å². The third kappa shape index (κ3) is 3.44. The van der Waals surface area contributed by atoms with Crippen LogP contribution in [-0.4, -0.2) is 16.0 Å². The van der Waals surface area contributed by atoms with Gasteiger partial charge in [0, 0.05) is 3.57 Å². The molecule has 0 atom stereocenters. The molecule has 0 saturated heterocycles. The fourth-order valence-corrected chi connectivity index (χ4v) is 2.43. The van der Waals surface area contributed by atoms with Crippen LogP contribution in [0.25, 0.3) is 0 Å². The largest absolute Gasteiger partial charge is 0.507 e. The van der Waals surface area contributed by atoms with Gasteiger partial charge in [0.25, 0.3) is 5.91 Å². The summed E-state index contributed by atoms with van der Waals surface area (Å²) in [5, 5.41) is 12.4. The molecule has 1 aromatic heterocycles. The number of hydrogen-bond acceptors (Lipinski definition) is 3. The molecule has 2 rings (SSSR count). The van der Waals surface area contributed by atoms with E-state index < -0.39 is 0 Å². The average molecular weight is 433 g/mol. The van der Waals surface area contributed by atoms with Gasteiger partial charge in [-0.2, -0.15) is 0 Å². The summed E-state index contributed by atoms with van der Waals surface area (Å²) >= 11 is 5.35. The SMILES string of the molecule is Cc1nc(Br)ccc1NC(=O)c1cc(I)ccc1O. The lowest BCUT2D eigenvalue weighted by atomic mass is 10.2. The first kappa shape index (κ1) is 14.3. The monoisotopic (exact) mass is 432 g/mol. The standard InChI is InChI=1S/C13H10BrIN2O2/c1-7-10(3-5-12(14)16-7)17-13(19)9-6-8(15)2-4-11(9)18/h2-6,18H,1H3,(H,17,19). The van der Waals surface area contributed by atoms with Crippen molar-refractivity contribution in [3.8, 4) is 5.75 Å². The number of amides is 1. The van der Waals surface area contributed by atoms with Crippen molar-refractivity contribution in [2.75, 3.05) is 5.32 Å².